The van der Waals surface area contributed by atoms with Crippen molar-refractivity contribution in [3.8, 4) is 5.75 Å². The van der Waals surface area contributed by atoms with Crippen LogP contribution in [0.4, 0.5) is 0 Å². The van der Waals surface area contributed by atoms with Crippen LogP contribution in [0.5, 0.6) is 5.75 Å². The number of fused-ring (bicyclic) bond motifs is 1. The lowest BCUT2D eigenvalue weighted by Crippen LogP contribution is -2.37. The molecule has 3 aromatic rings. The Morgan fingerprint density at radius 3 is 2.46 bits per heavy atom. The van der Waals surface area contributed by atoms with Crippen LogP contribution < -0.4 is 10.1 Å². The van der Waals surface area contributed by atoms with Gasteiger partial charge in [0, 0.05) is 11.9 Å². The number of hydrogen-bond acceptors (Lipinski definition) is 2. The van der Waals surface area contributed by atoms with Crippen molar-refractivity contribution in [1.82, 2.24) is 5.32 Å². The lowest BCUT2D eigenvalue weighted by molar-refractivity contribution is -0.128. The lowest BCUT2D eigenvalue weighted by atomic mass is 10.0. The van der Waals surface area contributed by atoms with Crippen molar-refractivity contribution in [2.75, 3.05) is 0 Å². The summed E-state index contributed by atoms with van der Waals surface area (Å²) in [5.74, 6) is 0.682. The van der Waals surface area contributed by atoms with Crippen LogP contribution in [0.2, 0.25) is 0 Å². The summed E-state index contributed by atoms with van der Waals surface area (Å²) in [6.45, 7) is 6.80. The maximum Gasteiger partial charge on any atom is 0.261 e. The van der Waals surface area contributed by atoms with E-state index in [-0.39, 0.29) is 5.91 Å². The maximum atomic E-state index is 12.8. The Bertz CT molecular complexity index is 943. The van der Waals surface area contributed by atoms with Crippen LogP contribution in [0, 0.1) is 0 Å². The van der Waals surface area contributed by atoms with Crippen LogP contribution in [0.15, 0.2) is 60.7 Å². The molecule has 3 heteroatoms. The van der Waals surface area contributed by atoms with E-state index in [4.69, 9.17) is 4.74 Å². The summed E-state index contributed by atoms with van der Waals surface area (Å²) in [4.78, 5) is 12.8. The van der Waals surface area contributed by atoms with Gasteiger partial charge in [0.05, 0.1) is 0 Å². The van der Waals surface area contributed by atoms with Gasteiger partial charge in [0.1, 0.15) is 5.75 Å². The van der Waals surface area contributed by atoms with Gasteiger partial charge < -0.3 is 10.1 Å². The topological polar surface area (TPSA) is 38.3 Å². The molecule has 1 N–H and O–H groups in total. The summed E-state index contributed by atoms with van der Waals surface area (Å²) in [5.41, 5.74) is 3.76. The van der Waals surface area contributed by atoms with Crippen LogP contribution in [0.3, 0.4) is 0 Å². The van der Waals surface area contributed by atoms with Crippen molar-refractivity contribution in [2.24, 2.45) is 0 Å². The summed E-state index contributed by atoms with van der Waals surface area (Å²) in [7, 11) is 0. The van der Waals surface area contributed by atoms with E-state index in [0.717, 1.165) is 29.4 Å². The number of amides is 1. The number of ether oxygens (including phenoxy) is 1. The third-order valence-corrected chi connectivity index (χ3v) is 5.19. The van der Waals surface area contributed by atoms with Crippen molar-refractivity contribution in [1.29, 1.82) is 0 Å². The number of carbonyl (C=O) groups excluding carboxylic acids is 1. The van der Waals surface area contributed by atoms with Crippen LogP contribution >= 0.6 is 0 Å². The van der Waals surface area contributed by atoms with Crippen LogP contribution in [-0.4, -0.2) is 12.0 Å². The van der Waals surface area contributed by atoms with Gasteiger partial charge in [0.2, 0.25) is 0 Å². The summed E-state index contributed by atoms with van der Waals surface area (Å²) >= 11 is 0. The normalized spacial score (nSPS) is 12.0. The van der Waals surface area contributed by atoms with E-state index in [9.17, 15) is 4.79 Å². The Hall–Kier alpha value is -2.81. The van der Waals surface area contributed by atoms with Crippen molar-refractivity contribution in [3.05, 3.63) is 77.4 Å². The van der Waals surface area contributed by atoms with Crippen molar-refractivity contribution in [2.45, 2.75) is 52.7 Å². The summed E-state index contributed by atoms with van der Waals surface area (Å²) in [5, 5.41) is 5.22. The molecule has 3 aromatic carbocycles. The van der Waals surface area contributed by atoms with Crippen molar-refractivity contribution >= 4 is 16.7 Å². The zero-order valence-electron chi connectivity index (χ0n) is 17.0. The van der Waals surface area contributed by atoms with E-state index in [1.54, 1.807) is 0 Å². The minimum absolute atomic E-state index is 0.0700. The molecular formula is C25H29NO2. The predicted octanol–water partition coefficient (Wildman–Crippen LogP) is 5.44. The second kappa shape index (κ2) is 9.41. The highest BCUT2D eigenvalue weighted by Gasteiger charge is 2.19. The van der Waals surface area contributed by atoms with Gasteiger partial charge in [-0.2, -0.15) is 0 Å². The highest BCUT2D eigenvalue weighted by Crippen LogP contribution is 2.26. The largest absolute Gasteiger partial charge is 0.480 e. The van der Waals surface area contributed by atoms with E-state index in [1.165, 1.54) is 16.7 Å². The lowest BCUT2D eigenvalue weighted by Gasteiger charge is -2.19. The fourth-order valence-corrected chi connectivity index (χ4v) is 3.48. The van der Waals surface area contributed by atoms with Crippen LogP contribution in [0.25, 0.3) is 10.8 Å². The standard InChI is InChI=1S/C25H29NO2/c1-4-18-14-15-19(5-2)21(16-18)17-26-25(27)23(6-3)28-24-13-9-11-20-10-7-8-12-22(20)24/h7-16,23H,4-6,17H2,1-3H3,(H,26,27)/t23-/m1/s1. The first-order chi connectivity index (χ1) is 13.7. The average molecular weight is 376 g/mol. The highest BCUT2D eigenvalue weighted by atomic mass is 16.5. The molecule has 3 rings (SSSR count). The van der Waals surface area contributed by atoms with Crippen LogP contribution in [0.1, 0.15) is 43.9 Å². The van der Waals surface area contributed by atoms with Crippen LogP contribution in [-0.2, 0) is 24.2 Å². The molecule has 1 amide bonds. The Kier molecular flexibility index (Phi) is 6.70. The number of rotatable bonds is 8. The van der Waals surface area contributed by atoms with Crippen molar-refractivity contribution < 1.29 is 9.53 Å². The molecule has 28 heavy (non-hydrogen) atoms. The fourth-order valence-electron chi connectivity index (χ4n) is 3.48. The van der Waals surface area contributed by atoms with Gasteiger partial charge >= 0.3 is 0 Å². The van der Waals surface area contributed by atoms with Gasteiger partial charge in [0.25, 0.3) is 5.91 Å². The zero-order valence-corrected chi connectivity index (χ0v) is 17.0. The number of aryl methyl sites for hydroxylation is 2. The minimum Gasteiger partial charge on any atom is -0.480 e. The van der Waals surface area contributed by atoms with E-state index in [0.29, 0.717) is 13.0 Å². The second-order valence-corrected chi connectivity index (χ2v) is 7.02. The Balaban J connectivity index is 1.72. The summed E-state index contributed by atoms with van der Waals surface area (Å²) < 4.78 is 6.12. The molecule has 0 aromatic heterocycles. The molecule has 0 bridgehead atoms. The van der Waals surface area contributed by atoms with Gasteiger partial charge in [-0.05, 0) is 47.4 Å². The molecule has 0 aliphatic rings. The molecule has 1 atom stereocenters. The molecule has 0 saturated heterocycles. The molecule has 0 fully saturated rings. The van der Waals surface area contributed by atoms with Gasteiger partial charge in [-0.3, -0.25) is 4.79 Å². The predicted molar refractivity (Wildman–Crippen MR) is 116 cm³/mol. The molecular weight excluding hydrogens is 346 g/mol. The first-order valence-electron chi connectivity index (χ1n) is 10.2. The number of hydrogen-bond donors (Lipinski definition) is 1. The highest BCUT2D eigenvalue weighted by molar-refractivity contribution is 5.89. The molecule has 3 nitrogen and oxygen atoms in total. The number of benzene rings is 3. The first-order valence-corrected chi connectivity index (χ1v) is 10.2. The molecule has 0 aliphatic carbocycles. The summed E-state index contributed by atoms with van der Waals surface area (Å²) in [6, 6.07) is 20.6. The minimum atomic E-state index is -0.509. The van der Waals surface area contributed by atoms with Gasteiger partial charge in [-0.25, -0.2) is 0 Å². The maximum absolute atomic E-state index is 12.8. The van der Waals surface area contributed by atoms with E-state index in [2.05, 4.69) is 49.5 Å². The van der Waals surface area contributed by atoms with Crippen molar-refractivity contribution in [3.63, 3.8) is 0 Å². The zero-order chi connectivity index (χ0) is 19.9. The quantitative estimate of drug-likeness (QED) is 0.569. The third-order valence-electron chi connectivity index (χ3n) is 5.19. The molecule has 0 spiro atoms. The molecule has 0 saturated carbocycles. The molecule has 0 radical (unpaired) electrons. The third kappa shape index (κ3) is 4.53. The van der Waals surface area contributed by atoms with Gasteiger partial charge in [-0.15, -0.1) is 0 Å². The monoisotopic (exact) mass is 375 g/mol. The summed E-state index contributed by atoms with van der Waals surface area (Å²) in [6.07, 6.45) is 2.06. The fraction of sp³-hybridized carbons (Fsp3) is 0.320. The second-order valence-electron chi connectivity index (χ2n) is 7.02. The molecule has 0 heterocycles. The van der Waals surface area contributed by atoms with E-state index >= 15 is 0 Å². The molecule has 0 aliphatic heterocycles. The SMILES string of the molecule is CCc1ccc(CC)c(CNC(=O)[C@@H](CC)Oc2cccc3ccccc23)c1. The Morgan fingerprint density at radius 2 is 1.71 bits per heavy atom. The Morgan fingerprint density at radius 1 is 0.929 bits per heavy atom. The smallest absolute Gasteiger partial charge is 0.261 e. The first kappa shape index (κ1) is 19.9. The Labute approximate surface area is 167 Å². The molecule has 146 valence electrons. The van der Waals surface area contributed by atoms with Gasteiger partial charge in [0.15, 0.2) is 6.10 Å². The van der Waals surface area contributed by atoms with E-state index in [1.807, 2.05) is 37.3 Å². The number of nitrogens with one attached hydrogen (secondary N) is 1. The van der Waals surface area contributed by atoms with Gasteiger partial charge in [-0.1, -0.05) is 75.4 Å². The molecule has 0 unspecified atom stereocenters. The average Bonchev–Trinajstić information content (AvgIpc) is 2.75. The number of carbonyl (C=O) groups is 1. The van der Waals surface area contributed by atoms with E-state index < -0.39 is 6.10 Å².